The van der Waals surface area contributed by atoms with Crippen LogP contribution in [0.1, 0.15) is 31.9 Å². The lowest BCUT2D eigenvalue weighted by molar-refractivity contribution is -0.0379. The van der Waals surface area contributed by atoms with Crippen molar-refractivity contribution in [3.8, 4) is 11.8 Å². The summed E-state index contributed by atoms with van der Waals surface area (Å²) in [5.41, 5.74) is 6.22. The van der Waals surface area contributed by atoms with Gasteiger partial charge in [0.15, 0.2) is 0 Å². The van der Waals surface area contributed by atoms with E-state index in [1.807, 2.05) is 20.8 Å². The molecule has 0 unspecified atom stereocenters. The van der Waals surface area contributed by atoms with Crippen molar-refractivity contribution >= 4 is 0 Å². The first kappa shape index (κ1) is 16.6. The van der Waals surface area contributed by atoms with E-state index < -0.39 is 0 Å². The summed E-state index contributed by atoms with van der Waals surface area (Å²) in [6.45, 7) is 7.36. The van der Waals surface area contributed by atoms with Gasteiger partial charge in [-0.25, -0.2) is 4.39 Å². The minimum Gasteiger partial charge on any atom is -0.374 e. The molecule has 0 aliphatic heterocycles. The average Bonchev–Trinajstić information content (AvgIpc) is 2.36. The molecule has 0 aromatic heterocycles. The van der Waals surface area contributed by atoms with Crippen molar-refractivity contribution in [2.24, 2.45) is 5.73 Å². The summed E-state index contributed by atoms with van der Waals surface area (Å²) in [6.07, 6.45) is 0. The van der Waals surface area contributed by atoms with Crippen LogP contribution in [0.2, 0.25) is 0 Å². The third-order valence-corrected chi connectivity index (χ3v) is 2.41. The molecular formula is C16H22FNO2. The lowest BCUT2D eigenvalue weighted by Gasteiger charge is -2.19. The molecule has 0 saturated carbocycles. The zero-order valence-electron chi connectivity index (χ0n) is 12.3. The van der Waals surface area contributed by atoms with Gasteiger partial charge in [0.1, 0.15) is 5.82 Å². The average molecular weight is 279 g/mol. The Kier molecular flexibility index (Phi) is 6.66. The Balaban J connectivity index is 2.41. The normalized spacial score (nSPS) is 11.1. The van der Waals surface area contributed by atoms with E-state index in [1.54, 1.807) is 12.1 Å². The predicted molar refractivity (Wildman–Crippen MR) is 77.7 cm³/mol. The van der Waals surface area contributed by atoms with Crippen molar-refractivity contribution in [2.75, 3.05) is 19.8 Å². The SMILES string of the molecule is CC(C)(C)OCCOCc1ccc(C#CCN)cc1F. The first-order valence-electron chi connectivity index (χ1n) is 6.61. The Labute approximate surface area is 120 Å². The molecule has 3 nitrogen and oxygen atoms in total. The summed E-state index contributed by atoms with van der Waals surface area (Å²) >= 11 is 0. The summed E-state index contributed by atoms with van der Waals surface area (Å²) < 4.78 is 24.7. The molecule has 0 spiro atoms. The number of halogens is 1. The molecule has 0 aliphatic carbocycles. The van der Waals surface area contributed by atoms with Crippen LogP contribution in [-0.2, 0) is 16.1 Å². The molecule has 4 heteroatoms. The van der Waals surface area contributed by atoms with Crippen LogP contribution in [0.15, 0.2) is 18.2 Å². The molecule has 1 rings (SSSR count). The highest BCUT2D eigenvalue weighted by Crippen LogP contribution is 2.11. The smallest absolute Gasteiger partial charge is 0.129 e. The van der Waals surface area contributed by atoms with Gasteiger partial charge in [0.2, 0.25) is 0 Å². The van der Waals surface area contributed by atoms with Gasteiger partial charge < -0.3 is 15.2 Å². The second-order valence-corrected chi connectivity index (χ2v) is 5.33. The summed E-state index contributed by atoms with van der Waals surface area (Å²) in [7, 11) is 0. The topological polar surface area (TPSA) is 44.5 Å². The summed E-state index contributed by atoms with van der Waals surface area (Å²) in [5.74, 6) is 5.16. The quantitative estimate of drug-likeness (QED) is 0.665. The van der Waals surface area contributed by atoms with Gasteiger partial charge in [-0.05, 0) is 32.9 Å². The molecule has 0 saturated heterocycles. The lowest BCUT2D eigenvalue weighted by Crippen LogP contribution is -2.21. The van der Waals surface area contributed by atoms with Crippen molar-refractivity contribution in [1.29, 1.82) is 0 Å². The number of rotatable bonds is 5. The Morgan fingerprint density at radius 1 is 1.25 bits per heavy atom. The number of hydrogen-bond donors (Lipinski definition) is 1. The fourth-order valence-corrected chi connectivity index (χ4v) is 1.48. The molecule has 0 radical (unpaired) electrons. The fraction of sp³-hybridized carbons (Fsp3) is 0.500. The van der Waals surface area contributed by atoms with Crippen molar-refractivity contribution in [1.82, 2.24) is 0 Å². The van der Waals surface area contributed by atoms with E-state index in [9.17, 15) is 4.39 Å². The first-order valence-corrected chi connectivity index (χ1v) is 6.61. The van der Waals surface area contributed by atoms with Crippen LogP contribution < -0.4 is 5.73 Å². The number of nitrogens with two attached hydrogens (primary N) is 1. The van der Waals surface area contributed by atoms with Gasteiger partial charge >= 0.3 is 0 Å². The Morgan fingerprint density at radius 2 is 2.00 bits per heavy atom. The highest BCUT2D eigenvalue weighted by atomic mass is 19.1. The second-order valence-electron chi connectivity index (χ2n) is 5.33. The fourth-order valence-electron chi connectivity index (χ4n) is 1.48. The van der Waals surface area contributed by atoms with Crippen molar-refractivity contribution < 1.29 is 13.9 Å². The van der Waals surface area contributed by atoms with Crippen molar-refractivity contribution in [3.05, 3.63) is 35.1 Å². The van der Waals surface area contributed by atoms with Gasteiger partial charge in [-0.2, -0.15) is 0 Å². The molecule has 20 heavy (non-hydrogen) atoms. The Bertz CT molecular complexity index is 483. The summed E-state index contributed by atoms with van der Waals surface area (Å²) in [6, 6.07) is 4.84. The van der Waals surface area contributed by atoms with E-state index in [0.717, 1.165) is 0 Å². The van der Waals surface area contributed by atoms with E-state index in [-0.39, 0.29) is 24.6 Å². The third kappa shape index (κ3) is 6.67. The molecule has 1 aromatic carbocycles. The standard InChI is InChI=1S/C16H22FNO2/c1-16(2,3)20-10-9-19-12-14-7-6-13(5-4-8-18)11-15(14)17/h6-7,11H,8-10,12,18H2,1-3H3. The van der Waals surface area contributed by atoms with E-state index in [0.29, 0.717) is 24.3 Å². The van der Waals surface area contributed by atoms with E-state index in [1.165, 1.54) is 6.07 Å². The third-order valence-electron chi connectivity index (χ3n) is 2.41. The van der Waals surface area contributed by atoms with Crippen LogP contribution in [-0.4, -0.2) is 25.4 Å². The number of hydrogen-bond acceptors (Lipinski definition) is 3. The molecule has 0 atom stereocenters. The van der Waals surface area contributed by atoms with Crippen LogP contribution in [0.4, 0.5) is 4.39 Å². The molecule has 1 aromatic rings. The highest BCUT2D eigenvalue weighted by Gasteiger charge is 2.09. The first-order chi connectivity index (χ1) is 9.42. The van der Waals surface area contributed by atoms with Crippen LogP contribution >= 0.6 is 0 Å². The van der Waals surface area contributed by atoms with Crippen molar-refractivity contribution in [2.45, 2.75) is 33.0 Å². The summed E-state index contributed by atoms with van der Waals surface area (Å²) in [4.78, 5) is 0. The second kappa shape index (κ2) is 8.01. The van der Waals surface area contributed by atoms with Crippen LogP contribution in [0.25, 0.3) is 0 Å². The maximum absolute atomic E-state index is 13.8. The van der Waals surface area contributed by atoms with Crippen molar-refractivity contribution in [3.63, 3.8) is 0 Å². The van der Waals surface area contributed by atoms with Crippen LogP contribution in [0.3, 0.4) is 0 Å². The van der Waals surface area contributed by atoms with Gasteiger partial charge in [-0.3, -0.25) is 0 Å². The maximum atomic E-state index is 13.8. The molecule has 2 N–H and O–H groups in total. The molecule has 0 bridgehead atoms. The minimum atomic E-state index is -0.314. The molecule has 0 amide bonds. The zero-order valence-corrected chi connectivity index (χ0v) is 12.3. The highest BCUT2D eigenvalue weighted by molar-refractivity contribution is 5.37. The number of benzene rings is 1. The largest absolute Gasteiger partial charge is 0.374 e. The molecule has 0 fully saturated rings. The van der Waals surface area contributed by atoms with E-state index >= 15 is 0 Å². The van der Waals surface area contributed by atoms with Gasteiger partial charge in [-0.1, -0.05) is 17.9 Å². The maximum Gasteiger partial charge on any atom is 0.129 e. The Hall–Kier alpha value is -1.41. The number of ether oxygens (including phenoxy) is 2. The van der Waals surface area contributed by atoms with Gasteiger partial charge in [0.25, 0.3) is 0 Å². The minimum absolute atomic E-state index is 0.183. The monoisotopic (exact) mass is 279 g/mol. The lowest BCUT2D eigenvalue weighted by atomic mass is 10.1. The van der Waals surface area contributed by atoms with Gasteiger partial charge in [0.05, 0.1) is 32.0 Å². The molecule has 0 aliphatic rings. The zero-order chi connectivity index (χ0) is 15.0. The van der Waals surface area contributed by atoms with Crippen LogP contribution in [0, 0.1) is 17.7 Å². The molecular weight excluding hydrogens is 257 g/mol. The van der Waals surface area contributed by atoms with Gasteiger partial charge in [-0.15, -0.1) is 0 Å². The molecule has 110 valence electrons. The van der Waals surface area contributed by atoms with E-state index in [4.69, 9.17) is 15.2 Å². The van der Waals surface area contributed by atoms with Crippen LogP contribution in [0.5, 0.6) is 0 Å². The van der Waals surface area contributed by atoms with E-state index in [2.05, 4.69) is 11.8 Å². The molecule has 0 heterocycles. The predicted octanol–water partition coefficient (Wildman–Crippen LogP) is 2.47. The van der Waals surface area contributed by atoms with Gasteiger partial charge in [0, 0.05) is 11.1 Å². The Morgan fingerprint density at radius 3 is 2.60 bits per heavy atom. The summed E-state index contributed by atoms with van der Waals surface area (Å²) in [5, 5.41) is 0.